The summed E-state index contributed by atoms with van der Waals surface area (Å²) in [5.41, 5.74) is 7.14. The van der Waals surface area contributed by atoms with Crippen molar-refractivity contribution in [1.82, 2.24) is 9.66 Å². The highest BCUT2D eigenvalue weighted by atomic mass is 15.4. The molecule has 114 valence electrons. The monoisotopic (exact) mass is 278 g/mol. The lowest BCUT2D eigenvalue weighted by molar-refractivity contribution is 0.424. The standard InChI is InChI=1S/C16H30N4/c1-2-3-4-5-9-12-14-15(17)20(18)16(19-14)13-10-7-6-8-11-13/h13H,2-12,17-18H2,1H3. The van der Waals surface area contributed by atoms with Gasteiger partial charge in [0, 0.05) is 5.92 Å². The highest BCUT2D eigenvalue weighted by Crippen LogP contribution is 2.33. The summed E-state index contributed by atoms with van der Waals surface area (Å²) in [7, 11) is 0. The lowest BCUT2D eigenvalue weighted by Crippen LogP contribution is -2.19. The number of nitrogens with zero attached hydrogens (tertiary/aromatic N) is 2. The van der Waals surface area contributed by atoms with Gasteiger partial charge in [0.15, 0.2) is 0 Å². The van der Waals surface area contributed by atoms with Crippen LogP contribution in [0.5, 0.6) is 0 Å². The van der Waals surface area contributed by atoms with Gasteiger partial charge in [0.05, 0.1) is 5.69 Å². The molecule has 0 saturated heterocycles. The maximum absolute atomic E-state index is 6.13. The zero-order chi connectivity index (χ0) is 14.4. The van der Waals surface area contributed by atoms with Crippen molar-refractivity contribution in [3.63, 3.8) is 0 Å². The average molecular weight is 278 g/mol. The first-order chi connectivity index (χ1) is 9.74. The highest BCUT2D eigenvalue weighted by Gasteiger charge is 2.23. The molecule has 0 unspecified atom stereocenters. The van der Waals surface area contributed by atoms with Crippen LogP contribution >= 0.6 is 0 Å². The first kappa shape index (κ1) is 15.2. The Bertz CT molecular complexity index is 405. The number of hydrogen-bond acceptors (Lipinski definition) is 3. The van der Waals surface area contributed by atoms with Crippen molar-refractivity contribution in [1.29, 1.82) is 0 Å². The van der Waals surface area contributed by atoms with Gasteiger partial charge in [-0.25, -0.2) is 9.66 Å². The van der Waals surface area contributed by atoms with E-state index in [4.69, 9.17) is 16.6 Å². The molecule has 1 aromatic heterocycles. The fourth-order valence-electron chi connectivity index (χ4n) is 3.24. The summed E-state index contributed by atoms with van der Waals surface area (Å²) in [6, 6.07) is 0. The number of rotatable bonds is 7. The zero-order valence-electron chi connectivity index (χ0n) is 12.9. The first-order valence-corrected chi connectivity index (χ1v) is 8.36. The van der Waals surface area contributed by atoms with Crippen molar-refractivity contribution in [3.8, 4) is 0 Å². The fraction of sp³-hybridized carbons (Fsp3) is 0.812. The molecular weight excluding hydrogens is 248 g/mol. The van der Waals surface area contributed by atoms with Crippen molar-refractivity contribution in [2.45, 2.75) is 83.5 Å². The van der Waals surface area contributed by atoms with E-state index in [-0.39, 0.29) is 0 Å². The van der Waals surface area contributed by atoms with E-state index in [1.807, 2.05) is 0 Å². The number of unbranched alkanes of at least 4 members (excludes halogenated alkanes) is 4. The summed E-state index contributed by atoms with van der Waals surface area (Å²) in [6.07, 6.45) is 13.7. The summed E-state index contributed by atoms with van der Waals surface area (Å²) < 4.78 is 1.65. The van der Waals surface area contributed by atoms with E-state index in [9.17, 15) is 0 Å². The molecule has 0 spiro atoms. The minimum Gasteiger partial charge on any atom is -0.382 e. The number of aryl methyl sites for hydroxylation is 1. The Kier molecular flexibility index (Phi) is 5.74. The maximum Gasteiger partial charge on any atom is 0.145 e. The van der Waals surface area contributed by atoms with Crippen molar-refractivity contribution < 1.29 is 0 Å². The molecule has 0 amide bonds. The number of nitrogens with two attached hydrogens (primary N) is 2. The molecule has 1 aliphatic carbocycles. The maximum atomic E-state index is 6.13. The molecule has 4 nitrogen and oxygen atoms in total. The third-order valence-electron chi connectivity index (χ3n) is 4.54. The Hall–Kier alpha value is -1.19. The molecule has 20 heavy (non-hydrogen) atoms. The molecule has 0 atom stereocenters. The van der Waals surface area contributed by atoms with Crippen LogP contribution in [0.2, 0.25) is 0 Å². The number of hydrogen-bond donors (Lipinski definition) is 2. The molecule has 2 rings (SSSR count). The molecule has 0 bridgehead atoms. The fourth-order valence-corrected chi connectivity index (χ4v) is 3.24. The quantitative estimate of drug-likeness (QED) is 0.589. The van der Waals surface area contributed by atoms with Gasteiger partial charge in [-0.05, 0) is 25.7 Å². The van der Waals surface area contributed by atoms with Crippen molar-refractivity contribution in [2.24, 2.45) is 0 Å². The molecule has 0 aliphatic heterocycles. The highest BCUT2D eigenvalue weighted by molar-refractivity contribution is 5.39. The third kappa shape index (κ3) is 3.68. The average Bonchev–Trinajstić information content (AvgIpc) is 2.76. The Labute approximate surface area is 122 Å². The van der Waals surface area contributed by atoms with E-state index in [2.05, 4.69) is 6.92 Å². The predicted octanol–water partition coefficient (Wildman–Crippen LogP) is 3.74. The first-order valence-electron chi connectivity index (χ1n) is 8.36. The Morgan fingerprint density at radius 3 is 2.50 bits per heavy atom. The summed E-state index contributed by atoms with van der Waals surface area (Å²) in [5, 5.41) is 0. The Morgan fingerprint density at radius 1 is 1.10 bits per heavy atom. The van der Waals surface area contributed by atoms with E-state index >= 15 is 0 Å². The van der Waals surface area contributed by atoms with Gasteiger partial charge >= 0.3 is 0 Å². The summed E-state index contributed by atoms with van der Waals surface area (Å²) >= 11 is 0. The van der Waals surface area contributed by atoms with E-state index in [1.165, 1.54) is 64.2 Å². The molecule has 4 heteroatoms. The molecule has 4 N–H and O–H groups in total. The minimum atomic E-state index is 0.518. The number of imidazole rings is 1. The number of aromatic nitrogens is 2. The van der Waals surface area contributed by atoms with Gasteiger partial charge in [-0.2, -0.15) is 0 Å². The van der Waals surface area contributed by atoms with E-state index in [0.717, 1.165) is 17.9 Å². The molecular formula is C16H30N4. The molecule has 1 heterocycles. The zero-order valence-corrected chi connectivity index (χ0v) is 12.9. The number of nitrogen functional groups attached to an aromatic ring is 2. The second-order valence-electron chi connectivity index (χ2n) is 6.17. The Balaban J connectivity index is 1.92. The molecule has 1 aromatic rings. The van der Waals surface area contributed by atoms with Gasteiger partial charge in [-0.15, -0.1) is 0 Å². The van der Waals surface area contributed by atoms with Gasteiger partial charge < -0.3 is 11.6 Å². The van der Waals surface area contributed by atoms with E-state index in [0.29, 0.717) is 11.7 Å². The van der Waals surface area contributed by atoms with Gasteiger partial charge in [0.25, 0.3) is 0 Å². The molecule has 1 aliphatic rings. The minimum absolute atomic E-state index is 0.518. The summed E-state index contributed by atoms with van der Waals surface area (Å²) in [4.78, 5) is 4.76. The van der Waals surface area contributed by atoms with Gasteiger partial charge in [-0.1, -0.05) is 51.9 Å². The Morgan fingerprint density at radius 2 is 1.80 bits per heavy atom. The van der Waals surface area contributed by atoms with Crippen LogP contribution in [0.1, 0.15) is 88.6 Å². The van der Waals surface area contributed by atoms with Crippen LogP contribution in [0.4, 0.5) is 5.82 Å². The van der Waals surface area contributed by atoms with Crippen molar-refractivity contribution >= 4 is 5.82 Å². The largest absolute Gasteiger partial charge is 0.382 e. The van der Waals surface area contributed by atoms with Crippen LogP contribution in [-0.4, -0.2) is 9.66 Å². The van der Waals surface area contributed by atoms with Crippen LogP contribution in [0.3, 0.4) is 0 Å². The second kappa shape index (κ2) is 7.55. The van der Waals surface area contributed by atoms with Crippen molar-refractivity contribution in [3.05, 3.63) is 11.5 Å². The normalized spacial score (nSPS) is 16.6. The third-order valence-corrected chi connectivity index (χ3v) is 4.54. The number of anilines is 1. The lowest BCUT2D eigenvalue weighted by Gasteiger charge is -2.20. The molecule has 0 radical (unpaired) electrons. The topological polar surface area (TPSA) is 69.9 Å². The van der Waals surface area contributed by atoms with Gasteiger partial charge in [-0.3, -0.25) is 0 Å². The van der Waals surface area contributed by atoms with Crippen LogP contribution in [0.15, 0.2) is 0 Å². The summed E-state index contributed by atoms with van der Waals surface area (Å²) in [6.45, 7) is 2.24. The molecule has 1 saturated carbocycles. The van der Waals surface area contributed by atoms with Crippen LogP contribution < -0.4 is 11.6 Å². The second-order valence-corrected chi connectivity index (χ2v) is 6.17. The van der Waals surface area contributed by atoms with Crippen LogP contribution in [0.25, 0.3) is 0 Å². The smallest absolute Gasteiger partial charge is 0.145 e. The van der Waals surface area contributed by atoms with Crippen LogP contribution in [0, 0.1) is 0 Å². The SMILES string of the molecule is CCCCCCCc1nc(C2CCCCC2)n(N)c1N. The predicted molar refractivity (Wildman–Crippen MR) is 85.1 cm³/mol. The van der Waals surface area contributed by atoms with Crippen molar-refractivity contribution in [2.75, 3.05) is 11.6 Å². The van der Waals surface area contributed by atoms with Gasteiger partial charge in [0.2, 0.25) is 0 Å². The summed E-state index contributed by atoms with van der Waals surface area (Å²) in [5.74, 6) is 8.33. The lowest BCUT2D eigenvalue weighted by atomic mass is 9.89. The molecule has 0 aromatic carbocycles. The van der Waals surface area contributed by atoms with E-state index < -0.39 is 0 Å². The van der Waals surface area contributed by atoms with Gasteiger partial charge in [0.1, 0.15) is 11.6 Å². The van der Waals surface area contributed by atoms with Crippen LogP contribution in [-0.2, 0) is 6.42 Å². The van der Waals surface area contributed by atoms with E-state index in [1.54, 1.807) is 4.68 Å². The molecule has 1 fully saturated rings.